The minimum Gasteiger partial charge on any atom is -0.481 e. The molecule has 0 saturated carbocycles. The van der Waals surface area contributed by atoms with Crippen LogP contribution in [0.4, 0.5) is 5.82 Å². The van der Waals surface area contributed by atoms with Crippen molar-refractivity contribution >= 4 is 11.7 Å². The fraction of sp³-hybridized carbons (Fsp3) is 0.444. The molecule has 0 bridgehead atoms. The maximum atomic E-state index is 8.69. The van der Waals surface area contributed by atoms with Crippen molar-refractivity contribution in [3.8, 4) is 6.07 Å². The molecular weight excluding hydrogens is 180 g/mol. The molecule has 1 aromatic rings. The summed E-state index contributed by atoms with van der Waals surface area (Å²) >= 11 is 0. The van der Waals surface area contributed by atoms with Crippen molar-refractivity contribution in [1.29, 1.82) is 5.26 Å². The molecule has 1 heterocycles. The molecule has 0 amide bonds. The van der Waals surface area contributed by atoms with Gasteiger partial charge in [0, 0.05) is 6.42 Å². The van der Waals surface area contributed by atoms with Crippen molar-refractivity contribution < 1.29 is 4.74 Å². The number of rotatable bonds is 3. The van der Waals surface area contributed by atoms with Crippen LogP contribution in [0.2, 0.25) is 0 Å². The average molecular weight is 192 g/mol. The van der Waals surface area contributed by atoms with Gasteiger partial charge in [0.2, 0.25) is 0 Å². The predicted octanol–water partition coefficient (Wildman–Crippen LogP) is 1.76. The summed E-state index contributed by atoms with van der Waals surface area (Å²) in [5.41, 5.74) is 0.357. The van der Waals surface area contributed by atoms with Crippen LogP contribution in [0.3, 0.4) is 0 Å². The van der Waals surface area contributed by atoms with Crippen LogP contribution < -0.4 is 0 Å². The molecule has 0 atom stereocenters. The fourth-order valence-electron chi connectivity index (χ4n) is 0.952. The third-order valence-electron chi connectivity index (χ3n) is 1.58. The van der Waals surface area contributed by atoms with Crippen LogP contribution in [-0.2, 0) is 4.74 Å². The number of H-pyrrole nitrogens is 1. The second-order valence-electron chi connectivity index (χ2n) is 2.51. The number of nitriles is 1. The van der Waals surface area contributed by atoms with Crippen molar-refractivity contribution in [2.45, 2.75) is 20.3 Å². The first-order chi connectivity index (χ1) is 6.81. The summed E-state index contributed by atoms with van der Waals surface area (Å²) in [6, 6.07) is 1.97. The molecule has 74 valence electrons. The van der Waals surface area contributed by atoms with E-state index in [9.17, 15) is 0 Å². The summed E-state index contributed by atoms with van der Waals surface area (Å²) in [6.45, 7) is 4.40. The Kier molecular flexibility index (Phi) is 3.68. The number of aliphatic imine (C=N–C) groups is 1. The molecule has 0 fully saturated rings. The van der Waals surface area contributed by atoms with Gasteiger partial charge in [0.25, 0.3) is 0 Å². The van der Waals surface area contributed by atoms with Gasteiger partial charge in [-0.05, 0) is 6.92 Å². The number of aromatic nitrogens is 2. The molecule has 1 rings (SSSR count). The lowest BCUT2D eigenvalue weighted by molar-refractivity contribution is 0.319. The number of hydrogen-bond acceptors (Lipinski definition) is 4. The molecule has 0 aliphatic carbocycles. The largest absolute Gasteiger partial charge is 0.481 e. The minimum absolute atomic E-state index is 0.357. The van der Waals surface area contributed by atoms with Crippen molar-refractivity contribution in [2.75, 3.05) is 6.61 Å². The molecule has 1 aromatic heterocycles. The van der Waals surface area contributed by atoms with Gasteiger partial charge in [-0.3, -0.25) is 0 Å². The topological polar surface area (TPSA) is 74.1 Å². The molecule has 0 spiro atoms. The van der Waals surface area contributed by atoms with E-state index in [2.05, 4.69) is 15.0 Å². The molecule has 0 radical (unpaired) electrons. The normalized spacial score (nSPS) is 11.1. The zero-order valence-electron chi connectivity index (χ0n) is 8.24. The number of nitrogens with one attached hydrogen (secondary N) is 1. The molecule has 5 nitrogen and oxygen atoms in total. The maximum absolute atomic E-state index is 8.69. The van der Waals surface area contributed by atoms with Gasteiger partial charge < -0.3 is 9.72 Å². The van der Waals surface area contributed by atoms with Crippen LogP contribution >= 0.6 is 0 Å². The molecule has 0 unspecified atom stereocenters. The van der Waals surface area contributed by atoms with E-state index in [4.69, 9.17) is 10.00 Å². The predicted molar refractivity (Wildman–Crippen MR) is 52.3 cm³/mol. The van der Waals surface area contributed by atoms with E-state index in [1.54, 1.807) is 0 Å². The Labute approximate surface area is 82.5 Å². The standard InChI is InChI=1S/C9H12N4O/c1-3-8(14-4-2)13-9-7(5-10)11-6-12-9/h6H,3-4H2,1-2H3,(H,11,12)/b13-8-. The molecule has 0 aliphatic heterocycles. The van der Waals surface area contributed by atoms with Crippen molar-refractivity contribution in [1.82, 2.24) is 9.97 Å². The first-order valence-corrected chi connectivity index (χ1v) is 4.45. The van der Waals surface area contributed by atoms with Crippen LogP contribution in [0.15, 0.2) is 11.3 Å². The highest BCUT2D eigenvalue weighted by Crippen LogP contribution is 2.13. The van der Waals surface area contributed by atoms with E-state index < -0.39 is 0 Å². The van der Waals surface area contributed by atoms with E-state index in [0.29, 0.717) is 30.4 Å². The molecule has 1 N–H and O–H groups in total. The number of imidazole rings is 1. The Morgan fingerprint density at radius 2 is 2.50 bits per heavy atom. The van der Waals surface area contributed by atoms with Crippen LogP contribution in [0.5, 0.6) is 0 Å². The lowest BCUT2D eigenvalue weighted by Crippen LogP contribution is -2.02. The van der Waals surface area contributed by atoms with Crippen LogP contribution in [0, 0.1) is 11.3 Å². The second kappa shape index (κ2) is 5.02. The molecule has 0 aliphatic rings. The lowest BCUT2D eigenvalue weighted by atomic mass is 10.4. The number of ether oxygens (including phenoxy) is 1. The maximum Gasteiger partial charge on any atom is 0.191 e. The van der Waals surface area contributed by atoms with Crippen molar-refractivity contribution in [2.24, 2.45) is 4.99 Å². The third-order valence-corrected chi connectivity index (χ3v) is 1.58. The minimum atomic E-state index is 0.357. The first kappa shape index (κ1) is 10.3. The SMILES string of the molecule is CCO/C(CC)=N\c1nc[nH]c1C#N. The second-order valence-corrected chi connectivity index (χ2v) is 2.51. The van der Waals surface area contributed by atoms with Crippen LogP contribution in [-0.4, -0.2) is 22.5 Å². The van der Waals surface area contributed by atoms with Gasteiger partial charge >= 0.3 is 0 Å². The highest BCUT2D eigenvalue weighted by atomic mass is 16.5. The summed E-state index contributed by atoms with van der Waals surface area (Å²) < 4.78 is 5.25. The lowest BCUT2D eigenvalue weighted by Gasteiger charge is -2.02. The Bertz CT molecular complexity index is 361. The highest BCUT2D eigenvalue weighted by Gasteiger charge is 2.04. The Hall–Kier alpha value is -1.83. The van der Waals surface area contributed by atoms with E-state index in [1.165, 1.54) is 6.33 Å². The zero-order valence-corrected chi connectivity index (χ0v) is 8.24. The number of nitrogens with zero attached hydrogens (tertiary/aromatic N) is 3. The van der Waals surface area contributed by atoms with Gasteiger partial charge in [-0.2, -0.15) is 10.3 Å². The van der Waals surface area contributed by atoms with Gasteiger partial charge in [-0.25, -0.2) is 4.98 Å². The van der Waals surface area contributed by atoms with Gasteiger partial charge in [-0.15, -0.1) is 0 Å². The average Bonchev–Trinajstić information content (AvgIpc) is 2.64. The molecule has 0 saturated heterocycles. The molecular formula is C9H12N4O. The van der Waals surface area contributed by atoms with E-state index in [1.807, 2.05) is 19.9 Å². The summed E-state index contributed by atoms with van der Waals surface area (Å²) in [4.78, 5) is 10.7. The smallest absolute Gasteiger partial charge is 0.191 e. The number of hydrogen-bond donors (Lipinski definition) is 1. The molecule has 0 aromatic carbocycles. The zero-order chi connectivity index (χ0) is 10.4. The van der Waals surface area contributed by atoms with Gasteiger partial charge in [0.1, 0.15) is 6.07 Å². The summed E-state index contributed by atoms with van der Waals surface area (Å²) in [5, 5.41) is 8.69. The Morgan fingerprint density at radius 1 is 1.71 bits per heavy atom. The summed E-state index contributed by atoms with van der Waals surface area (Å²) in [5.74, 6) is 0.980. The van der Waals surface area contributed by atoms with Gasteiger partial charge in [0.15, 0.2) is 17.4 Å². The molecule has 5 heteroatoms. The summed E-state index contributed by atoms with van der Waals surface area (Å²) in [6.07, 6.45) is 2.13. The highest BCUT2D eigenvalue weighted by molar-refractivity contribution is 5.78. The first-order valence-electron chi connectivity index (χ1n) is 4.45. The van der Waals surface area contributed by atoms with Crippen LogP contribution in [0.1, 0.15) is 26.0 Å². The van der Waals surface area contributed by atoms with E-state index in [0.717, 1.165) is 0 Å². The van der Waals surface area contributed by atoms with Crippen LogP contribution in [0.25, 0.3) is 0 Å². The van der Waals surface area contributed by atoms with Gasteiger partial charge in [-0.1, -0.05) is 6.92 Å². The molecule has 14 heavy (non-hydrogen) atoms. The van der Waals surface area contributed by atoms with Crippen molar-refractivity contribution in [3.05, 3.63) is 12.0 Å². The van der Waals surface area contributed by atoms with Gasteiger partial charge in [0.05, 0.1) is 12.9 Å². The van der Waals surface area contributed by atoms with E-state index in [-0.39, 0.29) is 0 Å². The van der Waals surface area contributed by atoms with E-state index >= 15 is 0 Å². The Morgan fingerprint density at radius 3 is 3.07 bits per heavy atom. The third kappa shape index (κ3) is 2.33. The Balaban J connectivity index is 2.89. The quantitative estimate of drug-likeness (QED) is 0.585. The summed E-state index contributed by atoms with van der Waals surface area (Å²) in [7, 11) is 0. The van der Waals surface area contributed by atoms with Crippen molar-refractivity contribution in [3.63, 3.8) is 0 Å². The monoisotopic (exact) mass is 192 g/mol. The number of aromatic amines is 1. The fourth-order valence-corrected chi connectivity index (χ4v) is 0.952.